The van der Waals surface area contributed by atoms with Gasteiger partial charge in [-0.05, 0) is 18.8 Å². The minimum Gasteiger partial charge on any atom is -0.493 e. The van der Waals surface area contributed by atoms with Crippen molar-refractivity contribution in [2.75, 3.05) is 30.1 Å². The summed E-state index contributed by atoms with van der Waals surface area (Å²) in [6.07, 6.45) is 2.74. The summed E-state index contributed by atoms with van der Waals surface area (Å²) in [5.74, 6) is 0.825. The number of halogens is 1. The maximum atomic E-state index is 14.5. The number of rotatable bonds is 8. The summed E-state index contributed by atoms with van der Waals surface area (Å²) in [4.78, 5) is 1.91. The Morgan fingerprint density at radius 3 is 2.77 bits per heavy atom. The van der Waals surface area contributed by atoms with E-state index in [1.54, 1.807) is 0 Å². The molecular formula is C17H27FN2O2. The summed E-state index contributed by atoms with van der Waals surface area (Å²) in [7, 11) is 0. The number of anilines is 2. The molecule has 2 rings (SSSR count). The standard InChI is InChI=1S/C17H27FN2O2/c1-4-5-13(10-21)20-11-19-16-9-14(8-15(18)17(16)20)22-7-6-12(2)3/h8-9,12-13,19,21H,4-7,10-11H2,1-3H3. The van der Waals surface area contributed by atoms with Crippen LogP contribution in [0.2, 0.25) is 0 Å². The molecule has 1 aromatic carbocycles. The highest BCUT2D eigenvalue weighted by Crippen LogP contribution is 2.39. The zero-order valence-electron chi connectivity index (χ0n) is 13.7. The lowest BCUT2D eigenvalue weighted by Crippen LogP contribution is -2.38. The molecular weight excluding hydrogens is 283 g/mol. The van der Waals surface area contributed by atoms with Crippen LogP contribution >= 0.6 is 0 Å². The van der Waals surface area contributed by atoms with Gasteiger partial charge in [0.1, 0.15) is 5.75 Å². The number of fused-ring (bicyclic) bond motifs is 1. The van der Waals surface area contributed by atoms with Gasteiger partial charge in [-0.1, -0.05) is 27.2 Å². The van der Waals surface area contributed by atoms with Gasteiger partial charge in [0.05, 0.1) is 37.3 Å². The lowest BCUT2D eigenvalue weighted by molar-refractivity contribution is 0.253. The van der Waals surface area contributed by atoms with Crippen molar-refractivity contribution in [2.24, 2.45) is 5.92 Å². The molecule has 4 nitrogen and oxygen atoms in total. The quantitative estimate of drug-likeness (QED) is 0.770. The molecule has 1 heterocycles. The fraction of sp³-hybridized carbons (Fsp3) is 0.647. The van der Waals surface area contributed by atoms with Gasteiger partial charge in [0, 0.05) is 12.1 Å². The van der Waals surface area contributed by atoms with Crippen LogP contribution in [0.4, 0.5) is 15.8 Å². The second-order valence-corrected chi connectivity index (χ2v) is 6.26. The first kappa shape index (κ1) is 16.9. The second-order valence-electron chi connectivity index (χ2n) is 6.26. The van der Waals surface area contributed by atoms with Crippen LogP contribution in [-0.2, 0) is 0 Å². The molecule has 1 aliphatic rings. The summed E-state index contributed by atoms with van der Waals surface area (Å²) in [5.41, 5.74) is 1.29. The van der Waals surface area contributed by atoms with E-state index in [-0.39, 0.29) is 18.5 Å². The molecule has 0 spiro atoms. The normalized spacial score (nSPS) is 14.9. The molecule has 22 heavy (non-hydrogen) atoms. The Morgan fingerprint density at radius 2 is 2.14 bits per heavy atom. The van der Waals surface area contributed by atoms with Crippen molar-refractivity contribution in [3.05, 3.63) is 17.9 Å². The zero-order valence-corrected chi connectivity index (χ0v) is 13.7. The number of nitrogens with zero attached hydrogens (tertiary/aromatic N) is 1. The third-order valence-corrected chi connectivity index (χ3v) is 4.00. The lowest BCUT2D eigenvalue weighted by Gasteiger charge is -2.27. The number of hydrogen-bond donors (Lipinski definition) is 2. The third-order valence-electron chi connectivity index (χ3n) is 4.00. The number of ether oxygens (including phenoxy) is 1. The SMILES string of the molecule is CCCC(CO)N1CNc2cc(OCCC(C)C)cc(F)c21. The molecule has 1 aliphatic heterocycles. The molecule has 5 heteroatoms. The van der Waals surface area contributed by atoms with E-state index in [2.05, 4.69) is 26.1 Å². The Balaban J connectivity index is 2.13. The van der Waals surface area contributed by atoms with Gasteiger partial charge >= 0.3 is 0 Å². The molecule has 0 aliphatic carbocycles. The van der Waals surface area contributed by atoms with E-state index in [0.717, 1.165) is 24.9 Å². The molecule has 124 valence electrons. The fourth-order valence-electron chi connectivity index (χ4n) is 2.74. The Kier molecular flexibility index (Phi) is 5.89. The Hall–Kier alpha value is -1.49. The molecule has 1 aromatic rings. The van der Waals surface area contributed by atoms with Gasteiger partial charge < -0.3 is 20.1 Å². The van der Waals surface area contributed by atoms with Crippen molar-refractivity contribution >= 4 is 11.4 Å². The van der Waals surface area contributed by atoms with Crippen molar-refractivity contribution in [1.29, 1.82) is 0 Å². The molecule has 1 unspecified atom stereocenters. The molecule has 2 N–H and O–H groups in total. The average Bonchev–Trinajstić information content (AvgIpc) is 2.88. The van der Waals surface area contributed by atoms with Gasteiger partial charge in [-0.25, -0.2) is 4.39 Å². The van der Waals surface area contributed by atoms with Crippen LogP contribution in [0.25, 0.3) is 0 Å². The van der Waals surface area contributed by atoms with Crippen LogP contribution in [-0.4, -0.2) is 31.0 Å². The summed E-state index contributed by atoms with van der Waals surface area (Å²) in [6, 6.07) is 3.24. The minimum atomic E-state index is -0.295. The van der Waals surface area contributed by atoms with Crippen LogP contribution in [0.3, 0.4) is 0 Å². The predicted octanol–water partition coefficient (Wildman–Crippen LogP) is 3.60. The van der Waals surface area contributed by atoms with Gasteiger partial charge in [0.2, 0.25) is 0 Å². The van der Waals surface area contributed by atoms with Gasteiger partial charge in [-0.15, -0.1) is 0 Å². The first-order valence-electron chi connectivity index (χ1n) is 8.14. The lowest BCUT2D eigenvalue weighted by atomic mass is 10.1. The molecule has 0 radical (unpaired) electrons. The molecule has 0 bridgehead atoms. The van der Waals surface area contributed by atoms with Crippen molar-refractivity contribution in [3.63, 3.8) is 0 Å². The van der Waals surface area contributed by atoms with Crippen LogP contribution < -0.4 is 15.0 Å². The molecule has 0 saturated carbocycles. The molecule has 0 fully saturated rings. The highest BCUT2D eigenvalue weighted by atomic mass is 19.1. The van der Waals surface area contributed by atoms with E-state index in [1.807, 2.05) is 11.0 Å². The smallest absolute Gasteiger partial charge is 0.152 e. The second kappa shape index (κ2) is 7.68. The van der Waals surface area contributed by atoms with Gasteiger partial charge in [-0.2, -0.15) is 0 Å². The number of hydrogen-bond acceptors (Lipinski definition) is 4. The van der Waals surface area contributed by atoms with E-state index < -0.39 is 0 Å². The molecule has 0 amide bonds. The highest BCUT2D eigenvalue weighted by molar-refractivity contribution is 5.77. The fourth-order valence-corrected chi connectivity index (χ4v) is 2.74. The Labute approximate surface area is 132 Å². The third kappa shape index (κ3) is 3.83. The average molecular weight is 310 g/mol. The van der Waals surface area contributed by atoms with Crippen LogP contribution in [0, 0.1) is 11.7 Å². The topological polar surface area (TPSA) is 44.7 Å². The first-order chi connectivity index (χ1) is 10.6. The van der Waals surface area contributed by atoms with E-state index in [0.29, 0.717) is 30.6 Å². The van der Waals surface area contributed by atoms with Crippen LogP contribution in [0.1, 0.15) is 40.0 Å². The molecule has 0 saturated heterocycles. The van der Waals surface area contributed by atoms with E-state index in [1.165, 1.54) is 6.07 Å². The summed E-state index contributed by atoms with van der Waals surface area (Å²) in [6.45, 7) is 7.47. The maximum absolute atomic E-state index is 14.5. The summed E-state index contributed by atoms with van der Waals surface area (Å²) >= 11 is 0. The van der Waals surface area contributed by atoms with Crippen LogP contribution in [0.5, 0.6) is 5.75 Å². The predicted molar refractivity (Wildman–Crippen MR) is 88.1 cm³/mol. The zero-order chi connectivity index (χ0) is 16.1. The maximum Gasteiger partial charge on any atom is 0.152 e. The summed E-state index contributed by atoms with van der Waals surface area (Å²) < 4.78 is 20.1. The van der Waals surface area contributed by atoms with E-state index in [4.69, 9.17) is 4.74 Å². The van der Waals surface area contributed by atoms with Crippen molar-refractivity contribution < 1.29 is 14.2 Å². The minimum absolute atomic E-state index is 0.0288. The van der Waals surface area contributed by atoms with Crippen molar-refractivity contribution in [2.45, 2.75) is 46.1 Å². The number of aliphatic hydroxyl groups is 1. The number of aliphatic hydroxyl groups excluding tert-OH is 1. The number of benzene rings is 1. The Morgan fingerprint density at radius 1 is 1.36 bits per heavy atom. The van der Waals surface area contributed by atoms with Crippen molar-refractivity contribution in [3.8, 4) is 5.75 Å². The Bertz CT molecular complexity index is 494. The van der Waals surface area contributed by atoms with E-state index in [9.17, 15) is 9.50 Å². The van der Waals surface area contributed by atoms with Gasteiger partial charge in [0.25, 0.3) is 0 Å². The number of nitrogens with one attached hydrogen (secondary N) is 1. The van der Waals surface area contributed by atoms with Crippen molar-refractivity contribution in [1.82, 2.24) is 0 Å². The van der Waals surface area contributed by atoms with Gasteiger partial charge in [-0.3, -0.25) is 0 Å². The monoisotopic (exact) mass is 310 g/mol. The van der Waals surface area contributed by atoms with E-state index >= 15 is 0 Å². The highest BCUT2D eigenvalue weighted by Gasteiger charge is 2.28. The van der Waals surface area contributed by atoms with Gasteiger partial charge in [0.15, 0.2) is 5.82 Å². The van der Waals surface area contributed by atoms with Crippen LogP contribution in [0.15, 0.2) is 12.1 Å². The molecule has 0 aromatic heterocycles. The summed E-state index contributed by atoms with van der Waals surface area (Å²) in [5, 5.41) is 12.7. The largest absolute Gasteiger partial charge is 0.493 e. The first-order valence-corrected chi connectivity index (χ1v) is 8.14. The molecule has 1 atom stereocenters.